The van der Waals surface area contributed by atoms with Gasteiger partial charge in [0.25, 0.3) is 0 Å². The molecule has 1 saturated carbocycles. The number of hydrogen-bond donors (Lipinski definition) is 2. The van der Waals surface area contributed by atoms with Crippen molar-refractivity contribution < 1.29 is 23.2 Å². The Labute approximate surface area is 268 Å². The molecule has 0 radical (unpaired) electrons. The number of fused-ring (bicyclic) bond motifs is 1. The number of anilines is 2. The Morgan fingerprint density at radius 3 is 2.67 bits per heavy atom. The van der Waals surface area contributed by atoms with Crippen LogP contribution in [0.2, 0.25) is 5.02 Å². The van der Waals surface area contributed by atoms with E-state index < -0.39 is 35.9 Å². The third-order valence-corrected chi connectivity index (χ3v) is 8.93. The number of imidazole rings is 1. The minimum absolute atomic E-state index is 0.0881. The Balaban J connectivity index is 1.41. The number of nitrogens with zero attached hydrogens (tertiary/aromatic N) is 5. The molecule has 1 unspecified atom stereocenters. The summed E-state index contributed by atoms with van der Waals surface area (Å²) in [5.41, 5.74) is 2.04. The van der Waals surface area contributed by atoms with Crippen molar-refractivity contribution in [2.24, 2.45) is 0 Å². The molecule has 236 valence electrons. The molecule has 3 amide bonds. The predicted molar refractivity (Wildman–Crippen MR) is 167 cm³/mol. The van der Waals surface area contributed by atoms with E-state index in [1.165, 1.54) is 34.5 Å². The lowest BCUT2D eigenvalue weighted by Crippen LogP contribution is -2.49. The maximum Gasteiger partial charge on any atom is 0.248 e. The largest absolute Gasteiger partial charge is 0.351 e. The van der Waals surface area contributed by atoms with Crippen LogP contribution in [0.4, 0.5) is 20.3 Å². The highest BCUT2D eigenvalue weighted by atomic mass is 35.5. The molecule has 46 heavy (non-hydrogen) atoms. The van der Waals surface area contributed by atoms with Crippen molar-refractivity contribution in [1.29, 1.82) is 5.26 Å². The first kappa shape index (κ1) is 31.1. The first-order chi connectivity index (χ1) is 22.1. The molecule has 4 aromatic rings. The minimum Gasteiger partial charge on any atom is -0.351 e. The number of para-hydroxylation sites is 1. The second-order valence-electron chi connectivity index (χ2n) is 11.6. The van der Waals surface area contributed by atoms with E-state index in [2.05, 4.69) is 20.3 Å². The van der Waals surface area contributed by atoms with Crippen LogP contribution in [0.25, 0.3) is 11.0 Å². The number of nitrogens with one attached hydrogen (secondary N) is 2. The van der Waals surface area contributed by atoms with Crippen LogP contribution in [-0.4, -0.2) is 50.7 Å². The number of aromatic amines is 1. The van der Waals surface area contributed by atoms with E-state index in [9.17, 15) is 28.4 Å². The molecule has 13 heteroatoms. The average Bonchev–Trinajstić information content (AvgIpc) is 3.67. The van der Waals surface area contributed by atoms with E-state index in [1.54, 1.807) is 42.5 Å². The van der Waals surface area contributed by atoms with Gasteiger partial charge < -0.3 is 10.3 Å². The number of H-pyrrole nitrogens is 1. The van der Waals surface area contributed by atoms with Crippen LogP contribution in [0.5, 0.6) is 0 Å². The van der Waals surface area contributed by atoms with Crippen molar-refractivity contribution in [1.82, 2.24) is 20.3 Å². The van der Waals surface area contributed by atoms with Gasteiger partial charge >= 0.3 is 0 Å². The number of carbonyl (C=O) groups is 3. The van der Waals surface area contributed by atoms with Crippen LogP contribution in [-0.2, 0) is 14.4 Å². The fourth-order valence-electron chi connectivity index (χ4n) is 6.29. The van der Waals surface area contributed by atoms with Crippen LogP contribution < -0.4 is 15.1 Å². The van der Waals surface area contributed by atoms with Crippen LogP contribution in [0, 0.1) is 11.3 Å². The number of rotatable bonds is 8. The summed E-state index contributed by atoms with van der Waals surface area (Å²) in [6, 6.07) is 14.5. The lowest BCUT2D eigenvalue weighted by atomic mass is 9.91. The second-order valence-corrected chi connectivity index (χ2v) is 12.0. The summed E-state index contributed by atoms with van der Waals surface area (Å²) >= 11 is 6.67. The van der Waals surface area contributed by atoms with Gasteiger partial charge in [-0.2, -0.15) is 5.26 Å². The number of alkyl halides is 2. The summed E-state index contributed by atoms with van der Waals surface area (Å²) in [6.45, 7) is 0. The van der Waals surface area contributed by atoms with Gasteiger partial charge in [-0.1, -0.05) is 35.9 Å². The predicted octanol–water partition coefficient (Wildman–Crippen LogP) is 5.84. The molecular formula is C33H30ClF2N7O3. The monoisotopic (exact) mass is 645 g/mol. The summed E-state index contributed by atoms with van der Waals surface area (Å²) in [5, 5.41) is 12.6. The number of hydrogen-bond acceptors (Lipinski definition) is 6. The van der Waals surface area contributed by atoms with Gasteiger partial charge in [0, 0.05) is 54.5 Å². The number of amides is 3. The molecular weight excluding hydrogens is 616 g/mol. The molecule has 0 spiro atoms. The molecule has 2 fully saturated rings. The number of aromatic nitrogens is 3. The van der Waals surface area contributed by atoms with Crippen LogP contribution in [0.1, 0.15) is 62.1 Å². The number of halogens is 3. The minimum atomic E-state index is -2.78. The molecule has 10 nitrogen and oxygen atoms in total. The summed E-state index contributed by atoms with van der Waals surface area (Å²) in [7, 11) is 0. The Morgan fingerprint density at radius 1 is 1.13 bits per heavy atom. The molecule has 3 heterocycles. The summed E-state index contributed by atoms with van der Waals surface area (Å²) in [4.78, 5) is 56.5. The summed E-state index contributed by atoms with van der Waals surface area (Å²) < 4.78 is 27.9. The number of benzene rings is 2. The van der Waals surface area contributed by atoms with Gasteiger partial charge in [-0.3, -0.25) is 24.2 Å². The van der Waals surface area contributed by atoms with E-state index in [0.29, 0.717) is 34.3 Å². The standard InChI is InChI=1S/C33H30ClF2N7O3/c34-24-5-2-1-4-23(24)31(32(46)41-21-10-13-33(35,36)14-11-21)43(26-7-3-6-25-30(26)40-19-39-25)29(45)17-22-8-9-28(44)42(22)27-16-20(18-37)12-15-38-27/h1-7,12,15-16,19,21-22,31H,8-11,13-14,17H2,(H,39,40)(H,41,46)/t22-,31?/m0/s1. The van der Waals surface area contributed by atoms with Gasteiger partial charge in [-0.05, 0) is 49.6 Å². The molecule has 2 aromatic heterocycles. The van der Waals surface area contributed by atoms with Gasteiger partial charge in [-0.15, -0.1) is 0 Å². The van der Waals surface area contributed by atoms with E-state index >= 15 is 0 Å². The Morgan fingerprint density at radius 2 is 1.91 bits per heavy atom. The smallest absolute Gasteiger partial charge is 0.248 e. The van der Waals surface area contributed by atoms with Crippen molar-refractivity contribution >= 4 is 51.9 Å². The zero-order valence-corrected chi connectivity index (χ0v) is 25.4. The quantitative estimate of drug-likeness (QED) is 0.247. The Kier molecular flexibility index (Phi) is 8.69. The third-order valence-electron chi connectivity index (χ3n) is 8.58. The summed E-state index contributed by atoms with van der Waals surface area (Å²) in [6.07, 6.45) is 2.73. The van der Waals surface area contributed by atoms with Gasteiger partial charge in [-0.25, -0.2) is 18.7 Å². The summed E-state index contributed by atoms with van der Waals surface area (Å²) in [5.74, 6) is -3.84. The zero-order valence-electron chi connectivity index (χ0n) is 24.6. The highest BCUT2D eigenvalue weighted by molar-refractivity contribution is 6.31. The lowest BCUT2D eigenvalue weighted by molar-refractivity contribution is -0.128. The molecule has 1 aliphatic heterocycles. The van der Waals surface area contributed by atoms with E-state index in [1.807, 2.05) is 6.07 Å². The zero-order chi connectivity index (χ0) is 32.4. The molecule has 2 aromatic carbocycles. The van der Waals surface area contributed by atoms with Crippen LogP contribution in [0.15, 0.2) is 67.1 Å². The van der Waals surface area contributed by atoms with Crippen molar-refractivity contribution in [3.63, 3.8) is 0 Å². The fraction of sp³-hybridized carbons (Fsp3) is 0.333. The topological polar surface area (TPSA) is 135 Å². The van der Waals surface area contributed by atoms with E-state index in [0.717, 1.165) is 0 Å². The van der Waals surface area contributed by atoms with Gasteiger partial charge in [0.2, 0.25) is 23.6 Å². The van der Waals surface area contributed by atoms with Crippen molar-refractivity contribution in [2.75, 3.05) is 9.80 Å². The highest BCUT2D eigenvalue weighted by Gasteiger charge is 2.42. The molecule has 1 aliphatic carbocycles. The Bertz CT molecular complexity index is 1830. The first-order valence-corrected chi connectivity index (χ1v) is 15.4. The molecule has 2 N–H and O–H groups in total. The molecule has 2 aliphatic rings. The van der Waals surface area contributed by atoms with E-state index in [-0.39, 0.29) is 55.3 Å². The third kappa shape index (κ3) is 6.28. The number of nitriles is 1. The van der Waals surface area contributed by atoms with Crippen molar-refractivity contribution in [3.05, 3.63) is 83.3 Å². The van der Waals surface area contributed by atoms with Gasteiger partial charge in [0.05, 0.1) is 29.2 Å². The molecule has 0 bridgehead atoms. The first-order valence-electron chi connectivity index (χ1n) is 15.0. The molecule has 6 rings (SSSR count). The van der Waals surface area contributed by atoms with Crippen LogP contribution >= 0.6 is 11.6 Å². The van der Waals surface area contributed by atoms with Gasteiger partial charge in [0.15, 0.2) is 0 Å². The SMILES string of the molecule is N#Cc1ccnc(N2C(=O)CC[C@H]2CC(=O)N(c2cccc3[nH]cnc23)C(C(=O)NC2CCC(F)(F)CC2)c2ccccc2Cl)c1. The van der Waals surface area contributed by atoms with Crippen LogP contribution in [0.3, 0.4) is 0 Å². The second kappa shape index (κ2) is 12.8. The number of pyridine rings is 1. The average molecular weight is 646 g/mol. The lowest BCUT2D eigenvalue weighted by Gasteiger charge is -2.35. The molecule has 2 atom stereocenters. The fourth-order valence-corrected chi connectivity index (χ4v) is 6.53. The van der Waals surface area contributed by atoms with Gasteiger partial charge in [0.1, 0.15) is 17.4 Å². The maximum atomic E-state index is 14.6. The Hall–Kier alpha value is -4.89. The van der Waals surface area contributed by atoms with Crippen molar-refractivity contribution in [2.45, 2.75) is 69.0 Å². The maximum absolute atomic E-state index is 14.6. The molecule has 1 saturated heterocycles. The highest BCUT2D eigenvalue weighted by Crippen LogP contribution is 2.38. The van der Waals surface area contributed by atoms with E-state index in [4.69, 9.17) is 11.6 Å². The number of carbonyl (C=O) groups excluding carboxylic acids is 3. The normalized spacial score (nSPS) is 18.7. The van der Waals surface area contributed by atoms with Crippen molar-refractivity contribution in [3.8, 4) is 6.07 Å².